The number of anilines is 1. The van der Waals surface area contributed by atoms with Crippen molar-refractivity contribution >= 4 is 34.6 Å². The summed E-state index contributed by atoms with van der Waals surface area (Å²) in [5.41, 5.74) is -2.94. The van der Waals surface area contributed by atoms with Crippen LogP contribution in [0.15, 0.2) is 59.5 Å². The van der Waals surface area contributed by atoms with E-state index in [0.717, 1.165) is 21.3 Å². The standard InChI is InChI=1S/C35H38F4N6O8/c1-35(2,3)53-34(50)45-24-17-21(38)28(39)30(52-25-14-13-19(36)16-20(25)37)29(24)42-26(45)18-44-15-9-11-23(32(44)48)40-31(47)22(41-33(49)51-6)10-7-8-12-27(46)43(4)5/h8-9,11-17,22,33,41,49H,7,10,18H2,1-6H3,(H,40,47)/b12-8+/t22-,33?/m0/s1. The molecule has 0 spiro atoms. The summed E-state index contributed by atoms with van der Waals surface area (Å²) in [4.78, 5) is 57.9. The average molecular weight is 747 g/mol. The predicted octanol–water partition coefficient (Wildman–Crippen LogP) is 4.62. The number of aliphatic hydroxyl groups is 1. The minimum absolute atomic E-state index is 0.0732. The molecule has 2 atom stereocenters. The molecule has 2 aromatic heterocycles. The van der Waals surface area contributed by atoms with E-state index in [9.17, 15) is 33.1 Å². The zero-order chi connectivity index (χ0) is 39.2. The zero-order valence-electron chi connectivity index (χ0n) is 29.6. The fourth-order valence-electron chi connectivity index (χ4n) is 4.81. The van der Waals surface area contributed by atoms with Crippen LogP contribution in [0.25, 0.3) is 11.0 Å². The third kappa shape index (κ3) is 10.1. The van der Waals surface area contributed by atoms with Crippen molar-refractivity contribution in [3.63, 3.8) is 0 Å². The monoisotopic (exact) mass is 746 g/mol. The molecule has 53 heavy (non-hydrogen) atoms. The summed E-state index contributed by atoms with van der Waals surface area (Å²) in [6, 6.07) is 4.38. The number of nitrogens with one attached hydrogen (secondary N) is 2. The molecule has 3 N–H and O–H groups in total. The van der Waals surface area contributed by atoms with Crippen LogP contribution in [0.4, 0.5) is 28.0 Å². The summed E-state index contributed by atoms with van der Waals surface area (Å²) in [5, 5.41) is 15.0. The number of carbonyl (C=O) groups excluding carboxylic acids is 3. The number of fused-ring (bicyclic) bond motifs is 1. The van der Waals surface area contributed by atoms with Crippen LogP contribution in [0.5, 0.6) is 11.5 Å². The van der Waals surface area contributed by atoms with E-state index in [1.54, 1.807) is 40.9 Å². The van der Waals surface area contributed by atoms with Crippen molar-refractivity contribution in [2.45, 2.75) is 58.2 Å². The Kier molecular flexibility index (Phi) is 12.8. The van der Waals surface area contributed by atoms with Gasteiger partial charge in [-0.05, 0) is 64.0 Å². The van der Waals surface area contributed by atoms with Gasteiger partial charge in [0.25, 0.3) is 5.56 Å². The summed E-state index contributed by atoms with van der Waals surface area (Å²) in [6.45, 7) is 4.14. The van der Waals surface area contributed by atoms with Crippen molar-refractivity contribution in [2.24, 2.45) is 0 Å². The lowest BCUT2D eigenvalue weighted by atomic mass is 10.1. The first-order valence-electron chi connectivity index (χ1n) is 16.0. The maximum atomic E-state index is 15.2. The summed E-state index contributed by atoms with van der Waals surface area (Å²) in [5.74, 6) is -8.19. The average Bonchev–Trinajstić information content (AvgIpc) is 3.43. The summed E-state index contributed by atoms with van der Waals surface area (Å²) in [6.07, 6.45) is 1.81. The van der Waals surface area contributed by atoms with Gasteiger partial charge in [-0.15, -0.1) is 0 Å². The fourth-order valence-corrected chi connectivity index (χ4v) is 4.81. The van der Waals surface area contributed by atoms with Gasteiger partial charge in [0, 0.05) is 39.5 Å². The van der Waals surface area contributed by atoms with Crippen LogP contribution < -0.4 is 20.9 Å². The third-order valence-electron chi connectivity index (χ3n) is 7.35. The molecule has 0 aliphatic heterocycles. The summed E-state index contributed by atoms with van der Waals surface area (Å²) < 4.78 is 75.7. The van der Waals surface area contributed by atoms with Crippen LogP contribution in [0.1, 0.15) is 39.4 Å². The predicted molar refractivity (Wildman–Crippen MR) is 183 cm³/mol. The maximum absolute atomic E-state index is 15.2. The Balaban J connectivity index is 1.73. The number of imidazole rings is 1. The molecule has 4 aromatic rings. The van der Waals surface area contributed by atoms with Crippen molar-refractivity contribution in [1.82, 2.24) is 24.3 Å². The Labute approximate surface area is 300 Å². The van der Waals surface area contributed by atoms with Gasteiger partial charge in [0.2, 0.25) is 24.0 Å². The van der Waals surface area contributed by atoms with E-state index >= 15 is 8.78 Å². The van der Waals surface area contributed by atoms with Crippen molar-refractivity contribution in [1.29, 1.82) is 0 Å². The number of methoxy groups -OCH3 is 1. The normalized spacial score (nSPS) is 12.9. The topological polar surface area (TPSA) is 166 Å². The molecule has 284 valence electrons. The second-order valence-corrected chi connectivity index (χ2v) is 12.8. The van der Waals surface area contributed by atoms with Crippen LogP contribution in [-0.2, 0) is 25.6 Å². The van der Waals surface area contributed by atoms with E-state index in [1.807, 2.05) is 0 Å². The molecule has 0 saturated heterocycles. The Morgan fingerprint density at radius 1 is 1.08 bits per heavy atom. The number of benzene rings is 2. The highest BCUT2D eigenvalue weighted by Crippen LogP contribution is 2.36. The number of halogens is 4. The molecule has 0 aliphatic carbocycles. The van der Waals surface area contributed by atoms with E-state index < -0.39 is 82.4 Å². The quantitative estimate of drug-likeness (QED) is 0.0999. The lowest BCUT2D eigenvalue weighted by Crippen LogP contribution is -2.47. The number of carbonyl (C=O) groups is 3. The zero-order valence-corrected chi connectivity index (χ0v) is 29.6. The van der Waals surface area contributed by atoms with Crippen LogP contribution >= 0.6 is 0 Å². The number of aromatic nitrogens is 3. The minimum atomic E-state index is -1.59. The second-order valence-electron chi connectivity index (χ2n) is 12.8. The first-order chi connectivity index (χ1) is 24.9. The van der Waals surface area contributed by atoms with Crippen molar-refractivity contribution in [3.05, 3.63) is 94.2 Å². The van der Waals surface area contributed by atoms with E-state index in [-0.39, 0.29) is 35.8 Å². The summed E-state index contributed by atoms with van der Waals surface area (Å²) in [7, 11) is 4.34. The molecule has 0 radical (unpaired) electrons. The van der Waals surface area contributed by atoms with Gasteiger partial charge in [-0.25, -0.2) is 27.5 Å². The summed E-state index contributed by atoms with van der Waals surface area (Å²) >= 11 is 0. The molecule has 4 rings (SSSR count). The van der Waals surface area contributed by atoms with E-state index in [0.29, 0.717) is 12.1 Å². The molecule has 18 heteroatoms. The number of hydrogen-bond acceptors (Lipinski definition) is 10. The largest absolute Gasteiger partial charge is 0.449 e. The van der Waals surface area contributed by atoms with Crippen LogP contribution in [0.3, 0.4) is 0 Å². The number of hydrogen-bond donors (Lipinski definition) is 3. The van der Waals surface area contributed by atoms with Gasteiger partial charge in [-0.1, -0.05) is 6.08 Å². The Morgan fingerprint density at radius 3 is 2.43 bits per heavy atom. The van der Waals surface area contributed by atoms with Gasteiger partial charge < -0.3 is 34.1 Å². The molecular formula is C35H38F4N6O8. The molecule has 0 bridgehead atoms. The van der Waals surface area contributed by atoms with Gasteiger partial charge in [0.15, 0.2) is 23.1 Å². The van der Waals surface area contributed by atoms with Gasteiger partial charge in [0.1, 0.15) is 28.4 Å². The fraction of sp³-hybridized carbons (Fsp3) is 0.343. The highest BCUT2D eigenvalue weighted by Gasteiger charge is 2.29. The van der Waals surface area contributed by atoms with Crippen molar-refractivity contribution < 1.29 is 51.3 Å². The van der Waals surface area contributed by atoms with Gasteiger partial charge in [-0.3, -0.25) is 19.7 Å². The number of pyridine rings is 1. The van der Waals surface area contributed by atoms with Crippen LogP contribution in [0.2, 0.25) is 0 Å². The van der Waals surface area contributed by atoms with Crippen molar-refractivity contribution in [3.8, 4) is 11.5 Å². The molecule has 2 amide bonds. The molecular weight excluding hydrogens is 708 g/mol. The highest BCUT2D eigenvalue weighted by molar-refractivity contribution is 5.95. The Hall–Kier alpha value is -5.59. The number of likely N-dealkylation sites (N-methyl/N-ethyl adjacent to an activating group) is 1. The van der Waals surface area contributed by atoms with E-state index in [2.05, 4.69) is 15.6 Å². The molecule has 2 heterocycles. The third-order valence-corrected chi connectivity index (χ3v) is 7.35. The number of allylic oxidation sites excluding steroid dienone is 1. The number of nitrogens with zero attached hydrogens (tertiary/aromatic N) is 4. The van der Waals surface area contributed by atoms with Crippen molar-refractivity contribution in [2.75, 3.05) is 26.5 Å². The Morgan fingerprint density at radius 2 is 1.79 bits per heavy atom. The first-order valence-corrected chi connectivity index (χ1v) is 16.0. The minimum Gasteiger partial charge on any atom is -0.449 e. The molecule has 2 aromatic carbocycles. The van der Waals surface area contributed by atoms with E-state index in [1.165, 1.54) is 36.4 Å². The SMILES string of the molecule is COC(O)N[C@@H](CC/C=C/C(=O)N(C)C)C(=O)Nc1cccn(Cc2nc3c(Oc4ccc(F)cc4F)c(F)c(F)cc3n2C(=O)OC(C)(C)C)c1=O. The number of ether oxygens (including phenoxy) is 3. The smallest absolute Gasteiger partial charge is 0.420 e. The van der Waals surface area contributed by atoms with Gasteiger partial charge in [-0.2, -0.15) is 4.39 Å². The Bertz CT molecular complexity index is 2090. The molecule has 14 nitrogen and oxygen atoms in total. The van der Waals surface area contributed by atoms with Gasteiger partial charge in [0.05, 0.1) is 18.1 Å². The lowest BCUT2D eigenvalue weighted by molar-refractivity contribution is -0.129. The number of aliphatic hydroxyl groups excluding tert-OH is 1. The second kappa shape index (κ2) is 16.8. The maximum Gasteiger partial charge on any atom is 0.420 e. The van der Waals surface area contributed by atoms with Gasteiger partial charge >= 0.3 is 6.09 Å². The lowest BCUT2D eigenvalue weighted by Gasteiger charge is -2.21. The van der Waals surface area contributed by atoms with Crippen LogP contribution in [-0.4, -0.2) is 81.3 Å². The van der Waals surface area contributed by atoms with Crippen LogP contribution in [0, 0.1) is 23.3 Å². The number of amides is 2. The molecule has 0 aliphatic rings. The molecule has 0 saturated carbocycles. The molecule has 1 unspecified atom stereocenters. The van der Waals surface area contributed by atoms with E-state index in [4.69, 9.17) is 14.2 Å². The first kappa shape index (κ1) is 40.2. The highest BCUT2D eigenvalue weighted by atomic mass is 19.2. The number of rotatable bonds is 13. The molecule has 0 fully saturated rings.